The topological polar surface area (TPSA) is 99.9 Å². The summed E-state index contributed by atoms with van der Waals surface area (Å²) in [7, 11) is 4.34. The number of nitro groups is 1. The second-order valence-electron chi connectivity index (χ2n) is 5.49. The zero-order valence-corrected chi connectivity index (χ0v) is 17.1. The van der Waals surface area contributed by atoms with E-state index in [1.165, 1.54) is 45.2 Å². The first-order valence-corrected chi connectivity index (χ1v) is 9.53. The van der Waals surface area contributed by atoms with Crippen LogP contribution in [-0.4, -0.2) is 37.9 Å². The lowest BCUT2D eigenvalue weighted by molar-refractivity contribution is -0.385. The number of ether oxygens (including phenoxy) is 3. The third-order valence-electron chi connectivity index (χ3n) is 3.69. The Labute approximate surface area is 171 Å². The lowest BCUT2D eigenvalue weighted by Gasteiger charge is -2.13. The summed E-state index contributed by atoms with van der Waals surface area (Å²) in [5.41, 5.74) is 1.04. The Morgan fingerprint density at radius 2 is 1.79 bits per heavy atom. The van der Waals surface area contributed by atoms with Crippen LogP contribution in [0, 0.1) is 10.1 Å². The van der Waals surface area contributed by atoms with Crippen molar-refractivity contribution in [2.45, 2.75) is 5.75 Å². The molecule has 0 fully saturated rings. The van der Waals surface area contributed by atoms with Crippen LogP contribution in [0.5, 0.6) is 17.2 Å². The highest BCUT2D eigenvalue weighted by atomic mass is 35.5. The van der Waals surface area contributed by atoms with Crippen LogP contribution in [0.1, 0.15) is 5.56 Å². The van der Waals surface area contributed by atoms with Crippen molar-refractivity contribution in [1.29, 1.82) is 0 Å². The normalized spacial score (nSPS) is 10.3. The first-order valence-electron chi connectivity index (χ1n) is 8.00. The number of nitrogens with zero attached hydrogens (tertiary/aromatic N) is 1. The number of carbonyl (C=O) groups excluding carboxylic acids is 1. The molecule has 0 unspecified atom stereocenters. The Bertz CT molecular complexity index is 877. The van der Waals surface area contributed by atoms with E-state index in [4.69, 9.17) is 25.8 Å². The van der Waals surface area contributed by atoms with Crippen LogP contribution in [-0.2, 0) is 10.5 Å². The van der Waals surface area contributed by atoms with Crippen LogP contribution in [0.15, 0.2) is 30.3 Å². The molecule has 0 heterocycles. The standard InChI is InChI=1S/C18H19ClN2O6S/c1-25-15-5-4-11(6-14(15)21(23)24)9-28-10-18(22)20-13-7-12(19)16(26-2)8-17(13)27-3/h4-8H,9-10H2,1-3H3,(H,20,22). The smallest absolute Gasteiger partial charge is 0.311 e. The van der Waals surface area contributed by atoms with Gasteiger partial charge in [0.15, 0.2) is 5.75 Å². The van der Waals surface area contributed by atoms with Gasteiger partial charge in [-0.2, -0.15) is 0 Å². The van der Waals surface area contributed by atoms with Crippen molar-refractivity contribution < 1.29 is 23.9 Å². The summed E-state index contributed by atoms with van der Waals surface area (Å²) in [6.45, 7) is 0. The molecule has 0 radical (unpaired) electrons. The maximum absolute atomic E-state index is 12.2. The minimum Gasteiger partial charge on any atom is -0.495 e. The van der Waals surface area contributed by atoms with Crippen LogP contribution in [0.4, 0.5) is 11.4 Å². The van der Waals surface area contributed by atoms with Crippen LogP contribution >= 0.6 is 23.4 Å². The number of rotatable bonds is 9. The van der Waals surface area contributed by atoms with Gasteiger partial charge in [0.2, 0.25) is 5.91 Å². The second-order valence-corrected chi connectivity index (χ2v) is 6.88. The molecule has 0 aliphatic rings. The molecule has 0 aromatic heterocycles. The predicted octanol–water partition coefficient (Wildman–Crippen LogP) is 4.15. The Balaban J connectivity index is 1.97. The van der Waals surface area contributed by atoms with Gasteiger partial charge < -0.3 is 19.5 Å². The lowest BCUT2D eigenvalue weighted by atomic mass is 10.2. The fraction of sp³-hybridized carbons (Fsp3) is 0.278. The maximum Gasteiger partial charge on any atom is 0.311 e. The molecular weight excluding hydrogens is 408 g/mol. The maximum atomic E-state index is 12.2. The number of thioether (sulfide) groups is 1. The van der Waals surface area contributed by atoms with Gasteiger partial charge in [-0.3, -0.25) is 14.9 Å². The summed E-state index contributed by atoms with van der Waals surface area (Å²) in [6.07, 6.45) is 0. The summed E-state index contributed by atoms with van der Waals surface area (Å²) < 4.78 is 15.3. The Hall–Kier alpha value is -2.65. The van der Waals surface area contributed by atoms with Crippen LogP contribution < -0.4 is 19.5 Å². The Kier molecular flexibility index (Phi) is 7.77. The molecule has 1 N–H and O–H groups in total. The van der Waals surface area contributed by atoms with Gasteiger partial charge in [-0.25, -0.2) is 0 Å². The molecule has 0 spiro atoms. The van der Waals surface area contributed by atoms with Gasteiger partial charge in [-0.1, -0.05) is 17.7 Å². The van der Waals surface area contributed by atoms with E-state index in [1.807, 2.05) is 0 Å². The summed E-state index contributed by atoms with van der Waals surface area (Å²) in [5.74, 6) is 1.37. The summed E-state index contributed by atoms with van der Waals surface area (Å²) in [5, 5.41) is 14.2. The molecular formula is C18H19ClN2O6S. The number of benzene rings is 2. The van der Waals surface area contributed by atoms with E-state index in [2.05, 4.69) is 5.32 Å². The van der Waals surface area contributed by atoms with E-state index in [0.29, 0.717) is 28.0 Å². The summed E-state index contributed by atoms with van der Waals surface area (Å²) in [6, 6.07) is 7.84. The molecule has 0 saturated heterocycles. The van der Waals surface area contributed by atoms with Gasteiger partial charge in [0.1, 0.15) is 11.5 Å². The number of nitrogens with one attached hydrogen (secondary N) is 1. The molecule has 10 heteroatoms. The minimum atomic E-state index is -0.501. The average Bonchev–Trinajstić information content (AvgIpc) is 2.68. The van der Waals surface area contributed by atoms with E-state index in [1.54, 1.807) is 18.2 Å². The molecule has 0 atom stereocenters. The number of hydrogen-bond acceptors (Lipinski definition) is 7. The molecule has 0 bridgehead atoms. The molecule has 0 aliphatic carbocycles. The van der Waals surface area contributed by atoms with Gasteiger partial charge in [0.25, 0.3) is 0 Å². The van der Waals surface area contributed by atoms with Crippen molar-refractivity contribution in [3.8, 4) is 17.2 Å². The number of halogens is 1. The number of carbonyl (C=O) groups is 1. The molecule has 2 aromatic rings. The van der Waals surface area contributed by atoms with Crippen molar-refractivity contribution in [2.75, 3.05) is 32.4 Å². The van der Waals surface area contributed by atoms with Crippen LogP contribution in [0.2, 0.25) is 5.02 Å². The van der Waals surface area contributed by atoms with E-state index >= 15 is 0 Å². The highest BCUT2D eigenvalue weighted by molar-refractivity contribution is 7.99. The molecule has 1 amide bonds. The molecule has 2 rings (SSSR count). The number of anilines is 1. The van der Waals surface area contributed by atoms with Crippen molar-refractivity contribution in [2.24, 2.45) is 0 Å². The van der Waals surface area contributed by atoms with E-state index in [0.717, 1.165) is 5.56 Å². The van der Waals surface area contributed by atoms with Crippen molar-refractivity contribution in [3.05, 3.63) is 51.0 Å². The fourth-order valence-electron chi connectivity index (χ4n) is 2.37. The zero-order chi connectivity index (χ0) is 20.7. The quantitative estimate of drug-likeness (QED) is 0.475. The minimum absolute atomic E-state index is 0.109. The largest absolute Gasteiger partial charge is 0.495 e. The summed E-state index contributed by atoms with van der Waals surface area (Å²) in [4.78, 5) is 22.8. The predicted molar refractivity (Wildman–Crippen MR) is 109 cm³/mol. The third kappa shape index (κ3) is 5.43. The molecule has 150 valence electrons. The van der Waals surface area contributed by atoms with Gasteiger partial charge in [0.05, 0.1) is 42.7 Å². The highest BCUT2D eigenvalue weighted by Gasteiger charge is 2.16. The molecule has 2 aromatic carbocycles. The summed E-state index contributed by atoms with van der Waals surface area (Å²) >= 11 is 7.41. The first-order chi connectivity index (χ1) is 13.4. The molecule has 0 saturated carbocycles. The van der Waals surface area contributed by atoms with Gasteiger partial charge in [-0.15, -0.1) is 11.8 Å². The Morgan fingerprint density at radius 1 is 1.11 bits per heavy atom. The van der Waals surface area contributed by atoms with Crippen molar-refractivity contribution in [1.82, 2.24) is 0 Å². The zero-order valence-electron chi connectivity index (χ0n) is 15.5. The van der Waals surface area contributed by atoms with E-state index in [-0.39, 0.29) is 23.1 Å². The average molecular weight is 427 g/mol. The fourth-order valence-corrected chi connectivity index (χ4v) is 3.39. The molecule has 28 heavy (non-hydrogen) atoms. The van der Waals surface area contributed by atoms with E-state index < -0.39 is 4.92 Å². The third-order valence-corrected chi connectivity index (χ3v) is 4.99. The highest BCUT2D eigenvalue weighted by Crippen LogP contribution is 2.36. The van der Waals surface area contributed by atoms with Gasteiger partial charge in [0, 0.05) is 17.9 Å². The van der Waals surface area contributed by atoms with Crippen molar-refractivity contribution in [3.63, 3.8) is 0 Å². The number of methoxy groups -OCH3 is 3. The SMILES string of the molecule is COc1cc(OC)c(NC(=O)CSCc2ccc(OC)c([N+](=O)[O-])c2)cc1Cl. The lowest BCUT2D eigenvalue weighted by Crippen LogP contribution is -2.15. The number of nitro benzene ring substituents is 1. The monoisotopic (exact) mass is 426 g/mol. The van der Waals surface area contributed by atoms with Crippen LogP contribution in [0.3, 0.4) is 0 Å². The number of hydrogen-bond donors (Lipinski definition) is 1. The molecule has 0 aliphatic heterocycles. The first kappa shape index (κ1) is 21.6. The molecule has 8 nitrogen and oxygen atoms in total. The van der Waals surface area contributed by atoms with Crippen LogP contribution in [0.25, 0.3) is 0 Å². The van der Waals surface area contributed by atoms with Gasteiger partial charge in [-0.05, 0) is 17.7 Å². The van der Waals surface area contributed by atoms with Gasteiger partial charge >= 0.3 is 5.69 Å². The Morgan fingerprint density at radius 3 is 2.39 bits per heavy atom. The second kappa shape index (κ2) is 10.0. The van der Waals surface area contributed by atoms with Crippen molar-refractivity contribution >= 4 is 40.6 Å². The number of amides is 1. The van der Waals surface area contributed by atoms with E-state index in [9.17, 15) is 14.9 Å².